The molecule has 0 spiro atoms. The predicted octanol–water partition coefficient (Wildman–Crippen LogP) is 3.98. The van der Waals surface area contributed by atoms with Gasteiger partial charge in [0.1, 0.15) is 11.8 Å². The number of carbonyl (C=O) groups excluding carboxylic acids is 1. The Kier molecular flexibility index (Phi) is 5.58. The molecule has 2 aromatic heterocycles. The van der Waals surface area contributed by atoms with Crippen LogP contribution in [0.4, 0.5) is 10.5 Å². The zero-order chi connectivity index (χ0) is 18.5. The molecular formula is C19H22N4O2S. The van der Waals surface area contributed by atoms with Gasteiger partial charge in [-0.3, -0.25) is 4.68 Å². The summed E-state index contributed by atoms with van der Waals surface area (Å²) in [5.74, 6) is 0.696. The summed E-state index contributed by atoms with van der Waals surface area (Å²) in [6, 6.07) is 13.1. The molecule has 0 aliphatic heterocycles. The molecule has 0 saturated carbocycles. The van der Waals surface area contributed by atoms with Crippen molar-refractivity contribution < 1.29 is 9.53 Å². The second kappa shape index (κ2) is 8.05. The van der Waals surface area contributed by atoms with E-state index in [2.05, 4.69) is 21.8 Å². The fraction of sp³-hybridized carbons (Fsp3) is 0.263. The molecule has 0 fully saturated rings. The van der Waals surface area contributed by atoms with Gasteiger partial charge in [0.05, 0.1) is 12.8 Å². The third-order valence-electron chi connectivity index (χ3n) is 4.00. The van der Waals surface area contributed by atoms with E-state index >= 15 is 0 Å². The molecule has 1 aromatic carbocycles. The molecule has 1 unspecified atom stereocenters. The normalized spacial score (nSPS) is 11.8. The summed E-state index contributed by atoms with van der Waals surface area (Å²) in [7, 11) is 1.60. The molecule has 2 N–H and O–H groups in total. The van der Waals surface area contributed by atoms with Crippen molar-refractivity contribution in [2.24, 2.45) is 0 Å². The van der Waals surface area contributed by atoms with E-state index in [0.29, 0.717) is 18.0 Å². The van der Waals surface area contributed by atoms with E-state index in [-0.39, 0.29) is 12.1 Å². The van der Waals surface area contributed by atoms with Crippen LogP contribution < -0.4 is 15.4 Å². The summed E-state index contributed by atoms with van der Waals surface area (Å²) in [4.78, 5) is 13.5. The molecule has 136 valence electrons. The monoisotopic (exact) mass is 370 g/mol. The van der Waals surface area contributed by atoms with E-state index < -0.39 is 0 Å². The molecule has 3 rings (SSSR count). The highest BCUT2D eigenvalue weighted by atomic mass is 32.1. The predicted molar refractivity (Wildman–Crippen MR) is 104 cm³/mol. The van der Waals surface area contributed by atoms with Gasteiger partial charge in [0.2, 0.25) is 0 Å². The number of carbonyl (C=O) groups is 1. The first kappa shape index (κ1) is 18.0. The van der Waals surface area contributed by atoms with Crippen molar-refractivity contribution in [3.05, 3.63) is 64.1 Å². The molecule has 7 heteroatoms. The van der Waals surface area contributed by atoms with Crippen LogP contribution in [-0.2, 0) is 0 Å². The highest BCUT2D eigenvalue weighted by Crippen LogP contribution is 2.24. The number of nitrogens with one attached hydrogen (secondary N) is 2. The number of ether oxygens (including phenoxy) is 1. The number of nitrogens with zero attached hydrogens (tertiary/aromatic N) is 2. The molecule has 6 nitrogen and oxygen atoms in total. The molecule has 0 aliphatic rings. The Hall–Kier alpha value is -2.80. The van der Waals surface area contributed by atoms with Gasteiger partial charge >= 0.3 is 6.03 Å². The molecular weight excluding hydrogens is 348 g/mol. The van der Waals surface area contributed by atoms with Crippen LogP contribution in [0.5, 0.6) is 5.75 Å². The third-order valence-corrected chi connectivity index (χ3v) is 4.97. The molecule has 26 heavy (non-hydrogen) atoms. The zero-order valence-corrected chi connectivity index (χ0v) is 15.8. The number of methoxy groups -OCH3 is 1. The molecule has 2 amide bonds. The summed E-state index contributed by atoms with van der Waals surface area (Å²) in [5, 5.41) is 12.4. The van der Waals surface area contributed by atoms with Crippen molar-refractivity contribution >= 4 is 23.1 Å². The number of anilines is 1. The third kappa shape index (κ3) is 4.23. The van der Waals surface area contributed by atoms with E-state index in [9.17, 15) is 4.79 Å². The number of aryl methyl sites for hydroxylation is 2. The number of thiophene rings is 1. The minimum atomic E-state index is -0.263. The minimum Gasteiger partial charge on any atom is -0.497 e. The van der Waals surface area contributed by atoms with Crippen LogP contribution >= 0.6 is 11.3 Å². The average molecular weight is 370 g/mol. The molecule has 3 aromatic rings. The van der Waals surface area contributed by atoms with Crippen molar-refractivity contribution in [2.75, 3.05) is 19.0 Å². The molecule has 2 heterocycles. The lowest BCUT2D eigenvalue weighted by Gasteiger charge is -2.19. The van der Waals surface area contributed by atoms with Crippen LogP contribution in [0.3, 0.4) is 0 Å². The smallest absolute Gasteiger partial charge is 0.319 e. The topological polar surface area (TPSA) is 68.2 Å². The maximum Gasteiger partial charge on any atom is 0.319 e. The Balaban J connectivity index is 1.70. The highest BCUT2D eigenvalue weighted by Gasteiger charge is 2.19. The lowest BCUT2D eigenvalue weighted by molar-refractivity contribution is 0.250. The maximum absolute atomic E-state index is 12.3. The van der Waals surface area contributed by atoms with Crippen LogP contribution in [0.25, 0.3) is 0 Å². The quantitative estimate of drug-likeness (QED) is 0.690. The standard InChI is InChI=1S/C19H22N4O2S/c1-13-10-14(2)23(22-13)17(18-8-5-9-26-18)12-20-19(24)21-15-6-4-7-16(11-15)25-3/h4-11,17H,12H2,1-3H3,(H2,20,21,24). The number of hydrogen-bond donors (Lipinski definition) is 2. The van der Waals surface area contributed by atoms with Gasteiger partial charge in [0.15, 0.2) is 0 Å². The Morgan fingerprint density at radius 2 is 2.12 bits per heavy atom. The van der Waals surface area contributed by atoms with Crippen LogP contribution in [0, 0.1) is 13.8 Å². The Morgan fingerprint density at radius 1 is 1.27 bits per heavy atom. The SMILES string of the molecule is COc1cccc(NC(=O)NCC(c2cccs2)n2nc(C)cc2C)c1. The summed E-state index contributed by atoms with van der Waals surface area (Å²) < 4.78 is 7.14. The number of rotatable bonds is 6. The fourth-order valence-electron chi connectivity index (χ4n) is 2.82. The summed E-state index contributed by atoms with van der Waals surface area (Å²) in [6.07, 6.45) is 0. The van der Waals surface area contributed by atoms with Gasteiger partial charge in [-0.2, -0.15) is 5.10 Å². The second-order valence-corrected chi connectivity index (χ2v) is 6.95. The Morgan fingerprint density at radius 3 is 2.77 bits per heavy atom. The van der Waals surface area contributed by atoms with Crippen LogP contribution in [0.2, 0.25) is 0 Å². The number of aromatic nitrogens is 2. The molecule has 0 aliphatic carbocycles. The second-order valence-electron chi connectivity index (χ2n) is 5.97. The number of amides is 2. The average Bonchev–Trinajstić information content (AvgIpc) is 3.26. The molecule has 1 atom stereocenters. The number of hydrogen-bond acceptors (Lipinski definition) is 4. The van der Waals surface area contributed by atoms with Gasteiger partial charge < -0.3 is 15.4 Å². The van der Waals surface area contributed by atoms with Gasteiger partial charge in [0.25, 0.3) is 0 Å². The minimum absolute atomic E-state index is 0.0419. The van der Waals surface area contributed by atoms with E-state index in [1.165, 1.54) is 0 Å². The van der Waals surface area contributed by atoms with Crippen molar-refractivity contribution in [3.63, 3.8) is 0 Å². The van der Waals surface area contributed by atoms with Crippen LogP contribution in [0.15, 0.2) is 47.8 Å². The molecule has 0 saturated heterocycles. The van der Waals surface area contributed by atoms with Gasteiger partial charge in [-0.25, -0.2) is 4.79 Å². The van der Waals surface area contributed by atoms with Crippen molar-refractivity contribution in [2.45, 2.75) is 19.9 Å². The van der Waals surface area contributed by atoms with Crippen LogP contribution in [0.1, 0.15) is 22.3 Å². The fourth-order valence-corrected chi connectivity index (χ4v) is 3.63. The van der Waals surface area contributed by atoms with Gasteiger partial charge in [-0.1, -0.05) is 12.1 Å². The first-order valence-corrected chi connectivity index (χ1v) is 9.20. The van der Waals surface area contributed by atoms with E-state index in [1.807, 2.05) is 54.2 Å². The van der Waals surface area contributed by atoms with E-state index in [4.69, 9.17) is 4.74 Å². The van der Waals surface area contributed by atoms with Gasteiger partial charge in [-0.15, -0.1) is 11.3 Å². The lowest BCUT2D eigenvalue weighted by atomic mass is 10.2. The lowest BCUT2D eigenvalue weighted by Crippen LogP contribution is -2.34. The molecule has 0 radical (unpaired) electrons. The number of benzene rings is 1. The van der Waals surface area contributed by atoms with Gasteiger partial charge in [0, 0.05) is 28.9 Å². The first-order chi connectivity index (χ1) is 12.6. The first-order valence-electron chi connectivity index (χ1n) is 8.32. The summed E-state index contributed by atoms with van der Waals surface area (Å²) in [6.45, 7) is 4.44. The molecule has 0 bridgehead atoms. The largest absolute Gasteiger partial charge is 0.497 e. The van der Waals surface area contributed by atoms with Crippen molar-refractivity contribution in [1.29, 1.82) is 0 Å². The number of urea groups is 1. The Bertz CT molecular complexity index is 874. The Labute approximate surface area is 156 Å². The summed E-state index contributed by atoms with van der Waals surface area (Å²) >= 11 is 1.66. The van der Waals surface area contributed by atoms with Gasteiger partial charge in [-0.05, 0) is 43.5 Å². The van der Waals surface area contributed by atoms with Crippen molar-refractivity contribution in [3.8, 4) is 5.75 Å². The van der Waals surface area contributed by atoms with E-state index in [1.54, 1.807) is 24.5 Å². The summed E-state index contributed by atoms with van der Waals surface area (Å²) in [5.41, 5.74) is 2.71. The van der Waals surface area contributed by atoms with Crippen molar-refractivity contribution in [1.82, 2.24) is 15.1 Å². The zero-order valence-electron chi connectivity index (χ0n) is 15.0. The van der Waals surface area contributed by atoms with Crippen LogP contribution in [-0.4, -0.2) is 29.5 Å². The highest BCUT2D eigenvalue weighted by molar-refractivity contribution is 7.10. The van der Waals surface area contributed by atoms with E-state index in [0.717, 1.165) is 16.3 Å². The maximum atomic E-state index is 12.3.